The molecular formula is C22H32IN5O4. The lowest BCUT2D eigenvalue weighted by atomic mass is 9.98. The Morgan fingerprint density at radius 2 is 1.97 bits per heavy atom. The number of amides is 2. The van der Waals surface area contributed by atoms with Crippen LogP contribution in [0, 0.1) is 5.92 Å². The third-order valence-corrected chi connectivity index (χ3v) is 5.53. The van der Waals surface area contributed by atoms with Crippen molar-refractivity contribution in [3.05, 3.63) is 35.4 Å². The molecule has 1 unspecified atom stereocenters. The number of carbonyl (C=O) groups excluding carboxylic acids is 3. The Bertz CT molecular complexity index is 830. The van der Waals surface area contributed by atoms with E-state index in [-0.39, 0.29) is 54.2 Å². The number of likely N-dealkylation sites (tertiary alicyclic amines) is 1. The van der Waals surface area contributed by atoms with Crippen molar-refractivity contribution in [3.63, 3.8) is 0 Å². The third-order valence-electron chi connectivity index (χ3n) is 5.53. The van der Waals surface area contributed by atoms with Crippen molar-refractivity contribution in [2.45, 2.75) is 26.3 Å². The number of ether oxygens (including phenoxy) is 1. The van der Waals surface area contributed by atoms with Crippen LogP contribution >= 0.6 is 24.0 Å². The van der Waals surface area contributed by atoms with E-state index >= 15 is 0 Å². The first-order chi connectivity index (χ1) is 15.0. The number of nitrogens with one attached hydrogen (secondary N) is 2. The number of rotatable bonds is 5. The van der Waals surface area contributed by atoms with E-state index < -0.39 is 0 Å². The van der Waals surface area contributed by atoms with E-state index in [0.717, 1.165) is 30.9 Å². The van der Waals surface area contributed by atoms with Crippen molar-refractivity contribution in [1.82, 2.24) is 20.4 Å². The van der Waals surface area contributed by atoms with Crippen LogP contribution in [-0.2, 0) is 20.9 Å². The van der Waals surface area contributed by atoms with Crippen molar-refractivity contribution in [3.8, 4) is 0 Å². The molecule has 32 heavy (non-hydrogen) atoms. The number of carbonyl (C=O) groups is 3. The molecule has 10 heteroatoms. The summed E-state index contributed by atoms with van der Waals surface area (Å²) < 4.78 is 5.17. The van der Waals surface area contributed by atoms with E-state index in [2.05, 4.69) is 20.5 Å². The number of esters is 1. The summed E-state index contributed by atoms with van der Waals surface area (Å²) in [6.45, 7) is 5.30. The molecule has 2 fully saturated rings. The first-order valence-corrected chi connectivity index (χ1v) is 10.8. The summed E-state index contributed by atoms with van der Waals surface area (Å²) in [6.07, 6.45) is 1.75. The van der Waals surface area contributed by atoms with Gasteiger partial charge in [-0.15, -0.1) is 24.0 Å². The van der Waals surface area contributed by atoms with Gasteiger partial charge in [0.15, 0.2) is 5.96 Å². The maximum atomic E-state index is 12.6. The van der Waals surface area contributed by atoms with Crippen LogP contribution in [0.2, 0.25) is 0 Å². The molecule has 0 aromatic heterocycles. The van der Waals surface area contributed by atoms with Crippen molar-refractivity contribution in [1.29, 1.82) is 0 Å². The van der Waals surface area contributed by atoms with E-state index in [9.17, 15) is 14.4 Å². The van der Waals surface area contributed by atoms with Crippen molar-refractivity contribution < 1.29 is 19.1 Å². The Balaban J connectivity index is 0.00000363. The molecule has 2 aliphatic rings. The van der Waals surface area contributed by atoms with Crippen LogP contribution in [0.4, 0.5) is 0 Å². The molecule has 2 N–H and O–H groups in total. The molecule has 0 spiro atoms. The van der Waals surface area contributed by atoms with Gasteiger partial charge >= 0.3 is 5.97 Å². The number of piperazine rings is 1. The van der Waals surface area contributed by atoms with Gasteiger partial charge in [-0.2, -0.15) is 0 Å². The van der Waals surface area contributed by atoms with Gasteiger partial charge in [0.1, 0.15) is 0 Å². The lowest BCUT2D eigenvalue weighted by Gasteiger charge is -2.34. The summed E-state index contributed by atoms with van der Waals surface area (Å²) >= 11 is 0. The van der Waals surface area contributed by atoms with Gasteiger partial charge in [0, 0.05) is 45.3 Å². The molecule has 2 heterocycles. The number of benzene rings is 1. The molecule has 1 atom stereocenters. The predicted octanol–water partition coefficient (Wildman–Crippen LogP) is 1.23. The third kappa shape index (κ3) is 6.81. The zero-order chi connectivity index (χ0) is 22.2. The van der Waals surface area contributed by atoms with E-state index in [1.807, 2.05) is 19.1 Å². The Hall–Kier alpha value is -2.37. The predicted molar refractivity (Wildman–Crippen MR) is 132 cm³/mol. The number of nitrogens with zero attached hydrogens (tertiary/aromatic N) is 3. The molecule has 9 nitrogen and oxygen atoms in total. The molecule has 176 valence electrons. The highest BCUT2D eigenvalue weighted by molar-refractivity contribution is 14.0. The number of hydrogen-bond acceptors (Lipinski definition) is 5. The Kier molecular flexibility index (Phi) is 10.2. The minimum Gasteiger partial charge on any atom is -0.466 e. The molecular weight excluding hydrogens is 525 g/mol. The van der Waals surface area contributed by atoms with Gasteiger partial charge in [-0.1, -0.05) is 12.1 Å². The molecule has 0 saturated carbocycles. The second-order valence-electron chi connectivity index (χ2n) is 7.71. The Labute approximate surface area is 206 Å². The molecule has 0 radical (unpaired) electrons. The Morgan fingerprint density at radius 3 is 2.62 bits per heavy atom. The SMILES string of the molecule is CCOC(=O)C1CCCN(C(=NC)NCc2ccc(C(=O)N3CCNC(=O)C3)cc2)C1.I. The van der Waals surface area contributed by atoms with Crippen LogP contribution in [0.5, 0.6) is 0 Å². The fourth-order valence-electron chi connectivity index (χ4n) is 3.90. The summed E-state index contributed by atoms with van der Waals surface area (Å²) in [6, 6.07) is 7.36. The molecule has 3 rings (SSSR count). The van der Waals surface area contributed by atoms with E-state index in [1.165, 1.54) is 0 Å². The van der Waals surface area contributed by atoms with Gasteiger partial charge in [-0.05, 0) is 37.5 Å². The number of aliphatic imine (C=N–C) groups is 1. The summed E-state index contributed by atoms with van der Waals surface area (Å²) in [5, 5.41) is 6.06. The standard InChI is InChI=1S/C22H31N5O4.HI/c1-3-31-21(30)18-5-4-11-27(14-18)22(23-2)25-13-16-6-8-17(9-7-16)20(29)26-12-10-24-19(28)15-26;/h6-9,18H,3-5,10-15H2,1-2H3,(H,23,25)(H,24,28);1H. The monoisotopic (exact) mass is 557 g/mol. The van der Waals surface area contributed by atoms with Gasteiger partial charge in [0.05, 0.1) is 19.1 Å². The number of guanidine groups is 1. The fourth-order valence-corrected chi connectivity index (χ4v) is 3.90. The zero-order valence-electron chi connectivity index (χ0n) is 18.6. The average molecular weight is 557 g/mol. The number of hydrogen-bond donors (Lipinski definition) is 2. The average Bonchev–Trinajstić information content (AvgIpc) is 2.80. The first kappa shape index (κ1) is 25.9. The van der Waals surface area contributed by atoms with Crippen molar-refractivity contribution >= 4 is 47.7 Å². The summed E-state index contributed by atoms with van der Waals surface area (Å²) in [7, 11) is 1.73. The lowest BCUT2D eigenvalue weighted by molar-refractivity contribution is -0.149. The fraction of sp³-hybridized carbons (Fsp3) is 0.545. The van der Waals surface area contributed by atoms with Crippen LogP contribution in [-0.4, -0.2) is 79.9 Å². The van der Waals surface area contributed by atoms with Crippen LogP contribution < -0.4 is 10.6 Å². The lowest BCUT2D eigenvalue weighted by Crippen LogP contribution is -2.49. The van der Waals surface area contributed by atoms with Gasteiger partial charge in [0.25, 0.3) is 5.91 Å². The smallest absolute Gasteiger partial charge is 0.310 e. The Morgan fingerprint density at radius 1 is 1.22 bits per heavy atom. The van der Waals surface area contributed by atoms with Gasteiger partial charge in [-0.25, -0.2) is 0 Å². The minimum atomic E-state index is -0.144. The van der Waals surface area contributed by atoms with E-state index in [0.29, 0.717) is 38.3 Å². The van der Waals surface area contributed by atoms with Crippen LogP contribution in [0.1, 0.15) is 35.7 Å². The second-order valence-corrected chi connectivity index (χ2v) is 7.71. The minimum absolute atomic E-state index is 0. The van der Waals surface area contributed by atoms with E-state index in [1.54, 1.807) is 24.1 Å². The van der Waals surface area contributed by atoms with Crippen LogP contribution in [0.3, 0.4) is 0 Å². The molecule has 2 amide bonds. The summed E-state index contributed by atoms with van der Waals surface area (Å²) in [4.78, 5) is 44.2. The summed E-state index contributed by atoms with van der Waals surface area (Å²) in [5.74, 6) is 0.204. The van der Waals surface area contributed by atoms with Crippen molar-refractivity contribution in [2.75, 3.05) is 46.4 Å². The molecule has 0 bridgehead atoms. The van der Waals surface area contributed by atoms with E-state index in [4.69, 9.17) is 4.74 Å². The van der Waals surface area contributed by atoms with Crippen molar-refractivity contribution in [2.24, 2.45) is 10.9 Å². The van der Waals surface area contributed by atoms with Gasteiger partial charge in [-0.3, -0.25) is 19.4 Å². The largest absolute Gasteiger partial charge is 0.466 e. The zero-order valence-corrected chi connectivity index (χ0v) is 21.0. The molecule has 0 aliphatic carbocycles. The second kappa shape index (κ2) is 12.6. The molecule has 1 aromatic carbocycles. The quantitative estimate of drug-likeness (QED) is 0.245. The molecule has 2 saturated heterocycles. The summed E-state index contributed by atoms with van der Waals surface area (Å²) in [5.41, 5.74) is 1.57. The highest BCUT2D eigenvalue weighted by Gasteiger charge is 2.28. The van der Waals surface area contributed by atoms with Gasteiger partial charge in [0.2, 0.25) is 5.91 Å². The topological polar surface area (TPSA) is 103 Å². The number of piperidine rings is 1. The first-order valence-electron chi connectivity index (χ1n) is 10.8. The highest BCUT2D eigenvalue weighted by Crippen LogP contribution is 2.18. The molecule has 1 aromatic rings. The van der Waals surface area contributed by atoms with Gasteiger partial charge < -0.3 is 25.2 Å². The maximum Gasteiger partial charge on any atom is 0.310 e. The number of halogens is 1. The van der Waals surface area contributed by atoms with Crippen LogP contribution in [0.15, 0.2) is 29.3 Å². The normalized spacial score (nSPS) is 19.0. The van der Waals surface area contributed by atoms with Crippen LogP contribution in [0.25, 0.3) is 0 Å². The maximum absolute atomic E-state index is 12.6. The highest BCUT2D eigenvalue weighted by atomic mass is 127. The molecule has 2 aliphatic heterocycles.